The summed E-state index contributed by atoms with van der Waals surface area (Å²) < 4.78 is 5.23. The Bertz CT molecular complexity index is 503. The van der Waals surface area contributed by atoms with Gasteiger partial charge in [-0.05, 0) is 30.4 Å². The molecule has 6 heteroatoms. The summed E-state index contributed by atoms with van der Waals surface area (Å²) in [6, 6.07) is 7.20. The highest BCUT2D eigenvalue weighted by Gasteiger charge is 2.43. The lowest BCUT2D eigenvalue weighted by atomic mass is 9.71. The number of benzene rings is 1. The van der Waals surface area contributed by atoms with E-state index in [-0.39, 0.29) is 12.6 Å². The summed E-state index contributed by atoms with van der Waals surface area (Å²) in [5.41, 5.74) is 0.0554. The third-order valence-corrected chi connectivity index (χ3v) is 5.12. The molecule has 22 heavy (non-hydrogen) atoms. The largest absolute Gasteiger partial charge is 0.466 e. The van der Waals surface area contributed by atoms with E-state index < -0.39 is 21.5 Å². The molecule has 0 saturated carbocycles. The van der Waals surface area contributed by atoms with Crippen molar-refractivity contribution in [1.82, 2.24) is 0 Å². The van der Waals surface area contributed by atoms with E-state index in [0.717, 1.165) is 0 Å². The van der Waals surface area contributed by atoms with Gasteiger partial charge in [0.2, 0.25) is 0 Å². The van der Waals surface area contributed by atoms with Gasteiger partial charge in [0, 0.05) is 10.4 Å². The van der Waals surface area contributed by atoms with Gasteiger partial charge in [-0.25, -0.2) is 0 Å². The van der Waals surface area contributed by atoms with Crippen LogP contribution in [0.1, 0.15) is 38.7 Å². The van der Waals surface area contributed by atoms with Gasteiger partial charge in [-0.3, -0.25) is 4.79 Å². The lowest BCUT2D eigenvalue weighted by Crippen LogP contribution is -2.38. The standard InChI is InChI=1S/C16H20Cl4O2/c1-4-22-15(21)14(10-7-5-6-8-11(10)17)16(2,3)12(18)9-13(19)20/h5-8,12-14H,4,9H2,1-3H3. The molecule has 2 unspecified atom stereocenters. The van der Waals surface area contributed by atoms with Gasteiger partial charge in [0.05, 0.1) is 12.5 Å². The van der Waals surface area contributed by atoms with Gasteiger partial charge >= 0.3 is 5.97 Å². The monoisotopic (exact) mass is 384 g/mol. The molecule has 0 heterocycles. The number of rotatable bonds is 7. The maximum Gasteiger partial charge on any atom is 0.314 e. The minimum atomic E-state index is -0.638. The Morgan fingerprint density at radius 3 is 2.32 bits per heavy atom. The molecule has 0 aliphatic carbocycles. The van der Waals surface area contributed by atoms with E-state index in [0.29, 0.717) is 17.0 Å². The number of esters is 1. The van der Waals surface area contributed by atoms with Crippen molar-refractivity contribution in [1.29, 1.82) is 0 Å². The molecule has 124 valence electrons. The van der Waals surface area contributed by atoms with Crippen molar-refractivity contribution in [3.05, 3.63) is 34.9 Å². The zero-order valence-electron chi connectivity index (χ0n) is 12.8. The van der Waals surface area contributed by atoms with Crippen molar-refractivity contribution >= 4 is 52.4 Å². The number of ether oxygens (including phenoxy) is 1. The van der Waals surface area contributed by atoms with Crippen molar-refractivity contribution in [2.75, 3.05) is 6.61 Å². The molecule has 0 radical (unpaired) electrons. The predicted octanol–water partition coefficient (Wildman–Crippen LogP) is 5.81. The molecule has 0 aliphatic heterocycles. The first kappa shape index (κ1) is 19.9. The van der Waals surface area contributed by atoms with Crippen LogP contribution in [-0.4, -0.2) is 22.8 Å². The lowest BCUT2D eigenvalue weighted by Gasteiger charge is -2.37. The van der Waals surface area contributed by atoms with Crippen LogP contribution in [0.3, 0.4) is 0 Å². The molecule has 0 N–H and O–H groups in total. The fourth-order valence-electron chi connectivity index (χ4n) is 2.41. The van der Waals surface area contributed by atoms with E-state index in [9.17, 15) is 4.79 Å². The van der Waals surface area contributed by atoms with Gasteiger partial charge in [0.1, 0.15) is 4.84 Å². The molecule has 0 spiro atoms. The highest BCUT2D eigenvalue weighted by molar-refractivity contribution is 6.44. The second kappa shape index (κ2) is 8.63. The summed E-state index contributed by atoms with van der Waals surface area (Å²) in [6.07, 6.45) is 0.359. The third-order valence-electron chi connectivity index (χ3n) is 3.67. The fraction of sp³-hybridized carbons (Fsp3) is 0.562. The first-order valence-corrected chi connectivity index (χ1v) is 8.73. The maximum absolute atomic E-state index is 12.5. The van der Waals surface area contributed by atoms with E-state index in [2.05, 4.69) is 0 Å². The molecule has 1 aromatic rings. The Morgan fingerprint density at radius 1 is 1.23 bits per heavy atom. The SMILES string of the molecule is CCOC(=O)C(c1ccccc1Cl)C(C)(C)C(Cl)CC(Cl)Cl. The maximum atomic E-state index is 12.5. The molecule has 2 nitrogen and oxygen atoms in total. The number of halogens is 4. The summed E-state index contributed by atoms with van der Waals surface area (Å²) in [5, 5.41) is 0.0870. The molecule has 0 bridgehead atoms. The van der Waals surface area contributed by atoms with Crippen LogP contribution in [0.5, 0.6) is 0 Å². The fourth-order valence-corrected chi connectivity index (χ4v) is 3.50. The summed E-state index contributed by atoms with van der Waals surface area (Å²) in [6.45, 7) is 5.84. The van der Waals surface area contributed by atoms with Crippen molar-refractivity contribution in [3.8, 4) is 0 Å². The van der Waals surface area contributed by atoms with Gasteiger partial charge in [-0.2, -0.15) is 0 Å². The van der Waals surface area contributed by atoms with Crippen LogP contribution in [0, 0.1) is 5.41 Å². The average Bonchev–Trinajstić information content (AvgIpc) is 2.40. The van der Waals surface area contributed by atoms with Crippen molar-refractivity contribution < 1.29 is 9.53 Å². The molecule has 1 rings (SSSR count). The topological polar surface area (TPSA) is 26.3 Å². The van der Waals surface area contributed by atoms with E-state index in [1.54, 1.807) is 13.0 Å². The number of carbonyl (C=O) groups excluding carboxylic acids is 1. The van der Waals surface area contributed by atoms with Gasteiger partial charge < -0.3 is 4.74 Å². The van der Waals surface area contributed by atoms with Crippen molar-refractivity contribution in [2.45, 2.75) is 43.3 Å². The highest BCUT2D eigenvalue weighted by Crippen LogP contribution is 2.45. The summed E-state index contributed by atoms with van der Waals surface area (Å²) in [5.74, 6) is -0.956. The molecule has 0 amide bonds. The van der Waals surface area contributed by atoms with Crippen molar-refractivity contribution in [3.63, 3.8) is 0 Å². The van der Waals surface area contributed by atoms with E-state index in [4.69, 9.17) is 51.1 Å². The Labute approximate surface area is 152 Å². The van der Waals surface area contributed by atoms with Crippen LogP contribution in [0.15, 0.2) is 24.3 Å². The Hall–Kier alpha value is -0.150. The molecular weight excluding hydrogens is 366 g/mol. The normalized spacial score (nSPS) is 14.7. The van der Waals surface area contributed by atoms with Crippen LogP contribution in [0.25, 0.3) is 0 Å². The smallest absolute Gasteiger partial charge is 0.314 e. The average molecular weight is 386 g/mol. The minimum Gasteiger partial charge on any atom is -0.466 e. The zero-order valence-corrected chi connectivity index (χ0v) is 15.8. The van der Waals surface area contributed by atoms with Gasteiger partial charge in [0.15, 0.2) is 0 Å². The second-order valence-corrected chi connectivity index (χ2v) is 7.83. The summed E-state index contributed by atoms with van der Waals surface area (Å²) >= 11 is 24.4. The van der Waals surface area contributed by atoms with Crippen LogP contribution in [0.4, 0.5) is 0 Å². The number of alkyl halides is 3. The van der Waals surface area contributed by atoms with Gasteiger partial charge in [-0.1, -0.05) is 43.6 Å². The van der Waals surface area contributed by atoms with E-state index in [1.807, 2.05) is 32.0 Å². The lowest BCUT2D eigenvalue weighted by molar-refractivity contribution is -0.148. The zero-order chi connectivity index (χ0) is 16.9. The molecule has 0 saturated heterocycles. The first-order valence-electron chi connectivity index (χ1n) is 7.05. The Balaban J connectivity index is 3.26. The molecule has 0 fully saturated rings. The first-order chi connectivity index (χ1) is 10.2. The van der Waals surface area contributed by atoms with Gasteiger partial charge in [0.25, 0.3) is 0 Å². The summed E-state index contributed by atoms with van der Waals surface area (Å²) in [4.78, 5) is 11.9. The second-order valence-electron chi connectivity index (χ2n) is 5.62. The van der Waals surface area contributed by atoms with Crippen LogP contribution in [0.2, 0.25) is 5.02 Å². The molecule has 1 aromatic carbocycles. The third kappa shape index (κ3) is 4.92. The highest BCUT2D eigenvalue weighted by atomic mass is 35.5. The van der Waals surface area contributed by atoms with Gasteiger partial charge in [-0.15, -0.1) is 34.8 Å². The quantitative estimate of drug-likeness (QED) is 0.437. The minimum absolute atomic E-state index is 0.288. The van der Waals surface area contributed by atoms with Crippen LogP contribution >= 0.6 is 46.4 Å². The Morgan fingerprint density at radius 2 is 1.82 bits per heavy atom. The van der Waals surface area contributed by atoms with E-state index in [1.165, 1.54) is 0 Å². The predicted molar refractivity (Wildman–Crippen MR) is 94.4 cm³/mol. The molecular formula is C16H20Cl4O2. The molecule has 0 aliphatic rings. The van der Waals surface area contributed by atoms with Crippen molar-refractivity contribution in [2.24, 2.45) is 5.41 Å². The number of carbonyl (C=O) groups is 1. The van der Waals surface area contributed by atoms with Crippen LogP contribution in [-0.2, 0) is 9.53 Å². The summed E-state index contributed by atoms with van der Waals surface area (Å²) in [7, 11) is 0. The number of hydrogen-bond acceptors (Lipinski definition) is 2. The molecule has 0 aromatic heterocycles. The van der Waals surface area contributed by atoms with E-state index >= 15 is 0 Å². The number of hydrogen-bond donors (Lipinski definition) is 0. The Kier molecular flexibility index (Phi) is 7.81. The van der Waals surface area contributed by atoms with Crippen LogP contribution < -0.4 is 0 Å². The molecule has 2 atom stereocenters.